The Morgan fingerprint density at radius 3 is 2.78 bits per heavy atom. The number of methoxy groups -OCH3 is 1. The zero-order valence-corrected chi connectivity index (χ0v) is 12.1. The van der Waals surface area contributed by atoms with Gasteiger partial charge in [-0.15, -0.1) is 0 Å². The molecule has 1 fully saturated rings. The van der Waals surface area contributed by atoms with Crippen molar-refractivity contribution in [2.24, 2.45) is 0 Å². The molecular formula is C13H18BrNO3. The second kappa shape index (κ2) is 6.97. The SMILES string of the molecule is COc1ccc(OCCN2CCOCC2)c(Br)c1. The quantitative estimate of drug-likeness (QED) is 0.833. The van der Waals surface area contributed by atoms with Crippen molar-refractivity contribution in [1.29, 1.82) is 0 Å². The summed E-state index contributed by atoms with van der Waals surface area (Å²) in [7, 11) is 1.65. The fourth-order valence-electron chi connectivity index (χ4n) is 1.84. The van der Waals surface area contributed by atoms with Crippen LogP contribution in [-0.4, -0.2) is 51.5 Å². The second-order valence-corrected chi connectivity index (χ2v) is 4.95. The fraction of sp³-hybridized carbons (Fsp3) is 0.538. The van der Waals surface area contributed by atoms with Gasteiger partial charge >= 0.3 is 0 Å². The van der Waals surface area contributed by atoms with E-state index in [0.29, 0.717) is 6.61 Å². The van der Waals surface area contributed by atoms with Gasteiger partial charge in [-0.25, -0.2) is 0 Å². The number of rotatable bonds is 5. The minimum atomic E-state index is 0.685. The molecule has 0 aromatic heterocycles. The zero-order valence-electron chi connectivity index (χ0n) is 10.5. The van der Waals surface area contributed by atoms with E-state index < -0.39 is 0 Å². The molecule has 0 amide bonds. The van der Waals surface area contributed by atoms with Gasteiger partial charge in [0, 0.05) is 19.6 Å². The van der Waals surface area contributed by atoms with Crippen LogP contribution in [0.1, 0.15) is 0 Å². The van der Waals surface area contributed by atoms with Crippen molar-refractivity contribution in [2.75, 3.05) is 46.6 Å². The third-order valence-corrected chi connectivity index (χ3v) is 3.53. The van der Waals surface area contributed by atoms with E-state index in [-0.39, 0.29) is 0 Å². The predicted octanol–water partition coefficient (Wildman–Crippen LogP) is 2.17. The molecule has 0 N–H and O–H groups in total. The summed E-state index contributed by atoms with van der Waals surface area (Å²) in [5, 5.41) is 0. The lowest BCUT2D eigenvalue weighted by Gasteiger charge is -2.26. The first-order valence-corrected chi connectivity index (χ1v) is 6.85. The summed E-state index contributed by atoms with van der Waals surface area (Å²) < 4.78 is 17.1. The van der Waals surface area contributed by atoms with E-state index in [4.69, 9.17) is 14.2 Å². The molecule has 18 heavy (non-hydrogen) atoms. The average molecular weight is 316 g/mol. The van der Waals surface area contributed by atoms with Crippen molar-refractivity contribution in [3.05, 3.63) is 22.7 Å². The van der Waals surface area contributed by atoms with Gasteiger partial charge in [0.05, 0.1) is 24.8 Å². The van der Waals surface area contributed by atoms with Crippen molar-refractivity contribution < 1.29 is 14.2 Å². The Bertz CT molecular complexity index is 380. The predicted molar refractivity (Wildman–Crippen MR) is 73.4 cm³/mol. The standard InChI is InChI=1S/C13H18BrNO3/c1-16-11-2-3-13(12(14)10-11)18-9-6-15-4-7-17-8-5-15/h2-3,10H,4-9H2,1H3. The Morgan fingerprint density at radius 1 is 1.33 bits per heavy atom. The Kier molecular flexibility index (Phi) is 5.28. The van der Waals surface area contributed by atoms with E-state index in [2.05, 4.69) is 20.8 Å². The van der Waals surface area contributed by atoms with Crippen LogP contribution < -0.4 is 9.47 Å². The van der Waals surface area contributed by atoms with Crippen LogP contribution in [0.4, 0.5) is 0 Å². The topological polar surface area (TPSA) is 30.9 Å². The molecular weight excluding hydrogens is 298 g/mol. The van der Waals surface area contributed by atoms with Gasteiger partial charge in [0.1, 0.15) is 18.1 Å². The molecule has 2 rings (SSSR count). The molecule has 1 saturated heterocycles. The first kappa shape index (κ1) is 13.6. The molecule has 5 heteroatoms. The summed E-state index contributed by atoms with van der Waals surface area (Å²) in [6, 6.07) is 5.72. The second-order valence-electron chi connectivity index (χ2n) is 4.10. The number of hydrogen-bond acceptors (Lipinski definition) is 4. The first-order valence-electron chi connectivity index (χ1n) is 6.06. The third-order valence-electron chi connectivity index (χ3n) is 2.91. The number of hydrogen-bond donors (Lipinski definition) is 0. The summed E-state index contributed by atoms with van der Waals surface area (Å²) in [6.45, 7) is 5.26. The maximum atomic E-state index is 5.75. The minimum Gasteiger partial charge on any atom is -0.497 e. The molecule has 1 aliphatic heterocycles. The molecule has 1 aromatic carbocycles. The van der Waals surface area contributed by atoms with Crippen molar-refractivity contribution in [1.82, 2.24) is 4.90 Å². The van der Waals surface area contributed by atoms with E-state index >= 15 is 0 Å². The highest BCUT2D eigenvalue weighted by molar-refractivity contribution is 9.10. The number of ether oxygens (including phenoxy) is 3. The average Bonchev–Trinajstić information content (AvgIpc) is 2.42. The number of nitrogens with zero attached hydrogens (tertiary/aromatic N) is 1. The van der Waals surface area contributed by atoms with Gasteiger partial charge < -0.3 is 14.2 Å². The first-order chi connectivity index (χ1) is 8.79. The normalized spacial score (nSPS) is 16.6. The lowest BCUT2D eigenvalue weighted by molar-refractivity contribution is 0.0322. The Balaban J connectivity index is 1.79. The van der Waals surface area contributed by atoms with Crippen molar-refractivity contribution in [3.8, 4) is 11.5 Å². The molecule has 0 atom stereocenters. The smallest absolute Gasteiger partial charge is 0.133 e. The summed E-state index contributed by atoms with van der Waals surface area (Å²) in [5.41, 5.74) is 0. The highest BCUT2D eigenvalue weighted by Gasteiger charge is 2.10. The van der Waals surface area contributed by atoms with E-state index in [9.17, 15) is 0 Å². The van der Waals surface area contributed by atoms with Crippen LogP contribution in [-0.2, 0) is 4.74 Å². The van der Waals surface area contributed by atoms with Crippen LogP contribution >= 0.6 is 15.9 Å². The maximum Gasteiger partial charge on any atom is 0.133 e. The Hall–Kier alpha value is -0.780. The summed E-state index contributed by atoms with van der Waals surface area (Å²) >= 11 is 3.48. The van der Waals surface area contributed by atoms with Gasteiger partial charge in [-0.3, -0.25) is 4.90 Å². The van der Waals surface area contributed by atoms with Crippen molar-refractivity contribution in [2.45, 2.75) is 0 Å². The Morgan fingerprint density at radius 2 is 2.11 bits per heavy atom. The molecule has 0 saturated carbocycles. The fourth-order valence-corrected chi connectivity index (χ4v) is 2.31. The molecule has 0 bridgehead atoms. The van der Waals surface area contributed by atoms with Gasteiger partial charge in [-0.1, -0.05) is 0 Å². The Labute approximate surface area is 116 Å². The highest BCUT2D eigenvalue weighted by atomic mass is 79.9. The number of morpholine rings is 1. The van der Waals surface area contributed by atoms with Crippen LogP contribution in [0.25, 0.3) is 0 Å². The minimum absolute atomic E-state index is 0.685. The van der Waals surface area contributed by atoms with Crippen LogP contribution in [0.15, 0.2) is 22.7 Å². The molecule has 0 spiro atoms. The number of halogens is 1. The van der Waals surface area contributed by atoms with Gasteiger partial charge in [0.2, 0.25) is 0 Å². The van der Waals surface area contributed by atoms with E-state index in [1.165, 1.54) is 0 Å². The molecule has 4 nitrogen and oxygen atoms in total. The summed E-state index contributed by atoms with van der Waals surface area (Å²) in [4.78, 5) is 2.35. The lowest BCUT2D eigenvalue weighted by atomic mass is 10.3. The molecule has 1 aromatic rings. The zero-order chi connectivity index (χ0) is 12.8. The van der Waals surface area contributed by atoms with Gasteiger partial charge in [0.25, 0.3) is 0 Å². The van der Waals surface area contributed by atoms with Crippen LogP contribution in [0.5, 0.6) is 11.5 Å². The van der Waals surface area contributed by atoms with Crippen molar-refractivity contribution in [3.63, 3.8) is 0 Å². The molecule has 1 heterocycles. The summed E-state index contributed by atoms with van der Waals surface area (Å²) in [6.07, 6.45) is 0. The summed E-state index contributed by atoms with van der Waals surface area (Å²) in [5.74, 6) is 1.67. The van der Waals surface area contributed by atoms with Gasteiger partial charge in [-0.2, -0.15) is 0 Å². The molecule has 1 aliphatic rings. The molecule has 100 valence electrons. The monoisotopic (exact) mass is 315 g/mol. The third kappa shape index (κ3) is 3.86. The largest absolute Gasteiger partial charge is 0.497 e. The van der Waals surface area contributed by atoms with Crippen molar-refractivity contribution >= 4 is 15.9 Å². The van der Waals surface area contributed by atoms with Gasteiger partial charge in [0.15, 0.2) is 0 Å². The van der Waals surface area contributed by atoms with Crippen LogP contribution in [0.3, 0.4) is 0 Å². The maximum absolute atomic E-state index is 5.75. The van der Waals surface area contributed by atoms with E-state index in [1.807, 2.05) is 18.2 Å². The van der Waals surface area contributed by atoms with Crippen LogP contribution in [0.2, 0.25) is 0 Å². The lowest BCUT2D eigenvalue weighted by Crippen LogP contribution is -2.38. The van der Waals surface area contributed by atoms with E-state index in [1.54, 1.807) is 7.11 Å². The van der Waals surface area contributed by atoms with E-state index in [0.717, 1.165) is 48.8 Å². The number of benzene rings is 1. The molecule has 0 aliphatic carbocycles. The van der Waals surface area contributed by atoms with Gasteiger partial charge in [-0.05, 0) is 34.1 Å². The molecule has 0 unspecified atom stereocenters. The molecule has 0 radical (unpaired) electrons. The van der Waals surface area contributed by atoms with Crippen LogP contribution in [0, 0.1) is 0 Å². The highest BCUT2D eigenvalue weighted by Crippen LogP contribution is 2.28.